The monoisotopic (exact) mass is 494 g/mol. The Morgan fingerprint density at radius 1 is 1.14 bits per heavy atom. The minimum atomic E-state index is -3.63. The lowest BCUT2D eigenvalue weighted by molar-refractivity contribution is 0.0871. The molecule has 182 valence electrons. The van der Waals surface area contributed by atoms with Gasteiger partial charge in [0.2, 0.25) is 10.0 Å². The van der Waals surface area contributed by atoms with Gasteiger partial charge in [0, 0.05) is 42.5 Å². The first-order chi connectivity index (χ1) is 16.8. The van der Waals surface area contributed by atoms with E-state index in [1.54, 1.807) is 35.0 Å². The molecule has 2 aromatic carbocycles. The second-order valence-corrected chi connectivity index (χ2v) is 11.3. The Bertz CT molecular complexity index is 1500. The van der Waals surface area contributed by atoms with E-state index in [0.29, 0.717) is 19.6 Å². The molecule has 1 N–H and O–H groups in total. The summed E-state index contributed by atoms with van der Waals surface area (Å²) in [5.41, 5.74) is 3.40. The smallest absolute Gasteiger partial charge is 0.243 e. The lowest BCUT2D eigenvalue weighted by atomic mass is 9.98. The summed E-state index contributed by atoms with van der Waals surface area (Å²) >= 11 is 0. The molecule has 4 aromatic rings. The number of aryl methyl sites for hydroxylation is 2. The number of β-amino-alcohol motifs (C(OH)–C–C–N with tert-alkyl or cyclic N) is 1. The van der Waals surface area contributed by atoms with Crippen LogP contribution in [0.25, 0.3) is 16.5 Å². The van der Waals surface area contributed by atoms with Crippen molar-refractivity contribution < 1.29 is 17.9 Å². The van der Waals surface area contributed by atoms with Crippen molar-refractivity contribution in [1.29, 1.82) is 0 Å². The highest BCUT2D eigenvalue weighted by atomic mass is 32.2. The number of nitrogens with zero attached hydrogens (tertiary/aromatic N) is 6. The number of rotatable bonds is 6. The lowest BCUT2D eigenvalue weighted by Crippen LogP contribution is -2.49. The number of aromatic nitrogens is 4. The standard InChI is InChI=1S/C24H26N6O4S/c1-15-7-20(4-6-23(15)29-14-25-26-27-29)35(32,33)30-10-18-8-19(30)9-28(18)11-24(31)21-5-3-17-12-34-13-22(17)16(21)2/h3-7,12-14,18-19,24,31H,8-11H2,1-2H3/t18-,19-,24-/m0/s1. The second-order valence-electron chi connectivity index (χ2n) is 9.44. The van der Waals surface area contributed by atoms with Crippen molar-refractivity contribution in [2.24, 2.45) is 0 Å². The van der Waals surface area contributed by atoms with Gasteiger partial charge in [-0.25, -0.2) is 13.1 Å². The maximum Gasteiger partial charge on any atom is 0.243 e. The first-order valence-corrected chi connectivity index (χ1v) is 13.0. The normalized spacial score (nSPS) is 21.8. The maximum absolute atomic E-state index is 13.5. The third-order valence-corrected chi connectivity index (χ3v) is 9.33. The zero-order valence-electron chi connectivity index (χ0n) is 19.4. The Kier molecular flexibility index (Phi) is 5.26. The fourth-order valence-corrected chi connectivity index (χ4v) is 7.32. The van der Waals surface area contributed by atoms with Gasteiger partial charge in [-0.05, 0) is 65.6 Å². The van der Waals surface area contributed by atoms with Gasteiger partial charge in [-0.1, -0.05) is 12.1 Å². The molecule has 0 unspecified atom stereocenters. The topological polar surface area (TPSA) is 118 Å². The fourth-order valence-electron chi connectivity index (χ4n) is 5.57. The number of furan rings is 1. The summed E-state index contributed by atoms with van der Waals surface area (Å²) in [7, 11) is -3.63. The molecule has 0 aliphatic carbocycles. The van der Waals surface area contributed by atoms with Crippen LogP contribution in [0.4, 0.5) is 0 Å². The first kappa shape index (κ1) is 22.4. The summed E-state index contributed by atoms with van der Waals surface area (Å²) in [6.45, 7) is 5.34. The van der Waals surface area contributed by atoms with Crippen molar-refractivity contribution in [2.45, 2.75) is 43.4 Å². The van der Waals surface area contributed by atoms with Gasteiger partial charge in [0.1, 0.15) is 6.33 Å². The first-order valence-electron chi connectivity index (χ1n) is 11.6. The van der Waals surface area contributed by atoms with E-state index in [0.717, 1.165) is 39.6 Å². The Labute approximate surface area is 202 Å². The van der Waals surface area contributed by atoms with Crippen LogP contribution in [0.15, 0.2) is 58.5 Å². The largest absolute Gasteiger partial charge is 0.471 e. The van der Waals surface area contributed by atoms with E-state index in [2.05, 4.69) is 20.4 Å². The van der Waals surface area contributed by atoms with Crippen molar-refractivity contribution in [2.75, 3.05) is 19.6 Å². The molecule has 35 heavy (non-hydrogen) atoms. The molecule has 2 aromatic heterocycles. The molecule has 2 saturated heterocycles. The number of hydrogen-bond donors (Lipinski definition) is 1. The van der Waals surface area contributed by atoms with Crippen LogP contribution < -0.4 is 0 Å². The van der Waals surface area contributed by atoms with Gasteiger partial charge in [-0.15, -0.1) is 5.10 Å². The fraction of sp³-hybridized carbons (Fsp3) is 0.375. The Morgan fingerprint density at radius 3 is 2.71 bits per heavy atom. The molecule has 10 nitrogen and oxygen atoms in total. The molecule has 2 fully saturated rings. The lowest BCUT2D eigenvalue weighted by Gasteiger charge is -2.34. The van der Waals surface area contributed by atoms with Crippen molar-refractivity contribution in [3.63, 3.8) is 0 Å². The van der Waals surface area contributed by atoms with Crippen LogP contribution >= 0.6 is 0 Å². The molecule has 6 rings (SSSR count). The summed E-state index contributed by atoms with van der Waals surface area (Å²) in [5, 5.41) is 24.2. The van der Waals surface area contributed by atoms with Crippen molar-refractivity contribution in [1.82, 2.24) is 29.4 Å². The maximum atomic E-state index is 13.5. The molecule has 0 spiro atoms. The minimum absolute atomic E-state index is 0.0870. The van der Waals surface area contributed by atoms with Gasteiger partial charge < -0.3 is 9.52 Å². The quantitative estimate of drug-likeness (QED) is 0.434. The van der Waals surface area contributed by atoms with Gasteiger partial charge >= 0.3 is 0 Å². The highest BCUT2D eigenvalue weighted by Gasteiger charge is 2.48. The van der Waals surface area contributed by atoms with Gasteiger partial charge in [-0.2, -0.15) is 4.31 Å². The molecule has 11 heteroatoms. The summed E-state index contributed by atoms with van der Waals surface area (Å²) in [4.78, 5) is 2.49. The van der Waals surface area contributed by atoms with E-state index in [4.69, 9.17) is 4.42 Å². The van der Waals surface area contributed by atoms with Crippen molar-refractivity contribution in [3.8, 4) is 5.69 Å². The van der Waals surface area contributed by atoms with E-state index in [-0.39, 0.29) is 17.0 Å². The average molecular weight is 495 g/mol. The van der Waals surface area contributed by atoms with Crippen LogP contribution in [0.1, 0.15) is 29.2 Å². The number of sulfonamides is 1. The molecular weight excluding hydrogens is 468 g/mol. The van der Waals surface area contributed by atoms with E-state index >= 15 is 0 Å². The highest BCUT2D eigenvalue weighted by Crippen LogP contribution is 2.37. The number of aliphatic hydroxyl groups excluding tert-OH is 1. The summed E-state index contributed by atoms with van der Waals surface area (Å²) in [6, 6.07) is 8.91. The predicted octanol–water partition coefficient (Wildman–Crippen LogP) is 2.21. The van der Waals surface area contributed by atoms with Crippen LogP contribution in [0.2, 0.25) is 0 Å². The van der Waals surface area contributed by atoms with E-state index in [1.807, 2.05) is 26.0 Å². The van der Waals surface area contributed by atoms with Gasteiger partial charge in [0.05, 0.1) is 29.2 Å². The Balaban J connectivity index is 1.17. The molecule has 2 aliphatic rings. The Morgan fingerprint density at radius 2 is 2.00 bits per heavy atom. The molecule has 0 saturated carbocycles. The zero-order chi connectivity index (χ0) is 24.3. The number of likely N-dealkylation sites (tertiary alicyclic amines) is 1. The minimum Gasteiger partial charge on any atom is -0.471 e. The summed E-state index contributed by atoms with van der Waals surface area (Å²) < 4.78 is 35.4. The SMILES string of the molecule is Cc1cc(S(=O)(=O)N2C[C@@H]3C[C@H]2CN3C[C@H](O)c2ccc3cocc3c2C)ccc1-n1cnnn1. The van der Waals surface area contributed by atoms with Gasteiger partial charge in [0.25, 0.3) is 0 Å². The van der Waals surface area contributed by atoms with Crippen LogP contribution in [0, 0.1) is 13.8 Å². The van der Waals surface area contributed by atoms with Crippen LogP contribution in [-0.2, 0) is 10.0 Å². The number of benzene rings is 2. The van der Waals surface area contributed by atoms with Crippen LogP contribution in [0.5, 0.6) is 0 Å². The van der Waals surface area contributed by atoms with Crippen molar-refractivity contribution >= 4 is 20.8 Å². The summed E-state index contributed by atoms with van der Waals surface area (Å²) in [5.74, 6) is 0. The molecule has 0 amide bonds. The second kappa shape index (κ2) is 8.23. The zero-order valence-corrected chi connectivity index (χ0v) is 20.3. The van der Waals surface area contributed by atoms with E-state index in [9.17, 15) is 13.5 Å². The predicted molar refractivity (Wildman–Crippen MR) is 127 cm³/mol. The number of piperazine rings is 1. The van der Waals surface area contributed by atoms with Crippen LogP contribution in [-0.4, -0.2) is 74.7 Å². The molecule has 2 bridgehead atoms. The van der Waals surface area contributed by atoms with E-state index in [1.165, 1.54) is 11.0 Å². The summed E-state index contributed by atoms with van der Waals surface area (Å²) in [6.07, 6.45) is 5.01. The van der Waals surface area contributed by atoms with E-state index < -0.39 is 16.1 Å². The number of hydrogen-bond acceptors (Lipinski definition) is 8. The number of fused-ring (bicyclic) bond motifs is 3. The van der Waals surface area contributed by atoms with Gasteiger partial charge in [-0.3, -0.25) is 4.90 Å². The van der Waals surface area contributed by atoms with Crippen molar-refractivity contribution in [3.05, 3.63) is 65.9 Å². The molecular formula is C24H26N6O4S. The number of tetrazole rings is 1. The van der Waals surface area contributed by atoms with Gasteiger partial charge in [0.15, 0.2) is 0 Å². The Hall–Kier alpha value is -3.12. The third kappa shape index (κ3) is 3.66. The molecule has 2 aliphatic heterocycles. The molecule has 3 atom stereocenters. The average Bonchev–Trinajstić information content (AvgIpc) is 3.63. The third-order valence-electron chi connectivity index (χ3n) is 7.41. The molecule has 0 radical (unpaired) electrons. The number of aliphatic hydroxyl groups is 1. The highest BCUT2D eigenvalue weighted by molar-refractivity contribution is 7.89. The van der Waals surface area contributed by atoms with Crippen LogP contribution in [0.3, 0.4) is 0 Å². The molecule has 4 heterocycles.